The van der Waals surface area contributed by atoms with Gasteiger partial charge in [0.1, 0.15) is 5.75 Å². The van der Waals surface area contributed by atoms with E-state index >= 15 is 0 Å². The average molecular weight is 262 g/mol. The second-order valence-electron chi connectivity index (χ2n) is 3.65. The molecule has 1 aromatic rings. The zero-order valence-corrected chi connectivity index (χ0v) is 10.3. The van der Waals surface area contributed by atoms with Crippen LogP contribution in [0.3, 0.4) is 0 Å². The minimum absolute atomic E-state index is 0.110. The Labute approximate surface area is 108 Å². The predicted octanol–water partition coefficient (Wildman–Crippen LogP) is 0.705. The first-order valence-electron chi connectivity index (χ1n) is 5.32. The summed E-state index contributed by atoms with van der Waals surface area (Å²) in [6, 6.07) is 6.46. The quantitative estimate of drug-likeness (QED) is 0.453. The Morgan fingerprint density at radius 1 is 1.21 bits per heavy atom. The van der Waals surface area contributed by atoms with Gasteiger partial charge in [-0.1, -0.05) is 12.1 Å². The molecule has 0 saturated carbocycles. The van der Waals surface area contributed by atoms with Crippen LogP contribution in [0.15, 0.2) is 29.8 Å². The van der Waals surface area contributed by atoms with Gasteiger partial charge in [0.05, 0.1) is 14.2 Å². The molecule has 0 fully saturated rings. The number of ketones is 1. The molecule has 6 heteroatoms. The number of esters is 2. The SMILES string of the molecule is COC(=O)C1=C(c2cccc(OC)c2)OC(=O)C1=O. The number of carbonyl (C=O) groups is 3. The van der Waals surface area contributed by atoms with Crippen LogP contribution in [0.5, 0.6) is 5.75 Å². The first-order valence-corrected chi connectivity index (χ1v) is 5.32. The van der Waals surface area contributed by atoms with Crippen molar-refractivity contribution in [3.8, 4) is 5.75 Å². The molecule has 19 heavy (non-hydrogen) atoms. The van der Waals surface area contributed by atoms with Crippen molar-refractivity contribution in [1.29, 1.82) is 0 Å². The number of ether oxygens (including phenoxy) is 3. The van der Waals surface area contributed by atoms with Crippen molar-refractivity contribution >= 4 is 23.5 Å². The zero-order chi connectivity index (χ0) is 14.0. The Bertz CT molecular complexity index is 599. The first-order chi connectivity index (χ1) is 9.08. The Kier molecular flexibility index (Phi) is 3.33. The van der Waals surface area contributed by atoms with Gasteiger partial charge in [-0.2, -0.15) is 0 Å². The average Bonchev–Trinajstić information content (AvgIpc) is 2.74. The fourth-order valence-electron chi connectivity index (χ4n) is 1.65. The molecular weight excluding hydrogens is 252 g/mol. The Balaban J connectivity index is 2.55. The maximum absolute atomic E-state index is 11.6. The number of benzene rings is 1. The van der Waals surface area contributed by atoms with Crippen molar-refractivity contribution in [2.24, 2.45) is 0 Å². The van der Waals surface area contributed by atoms with Crippen molar-refractivity contribution in [2.45, 2.75) is 0 Å². The van der Waals surface area contributed by atoms with Crippen LogP contribution in [-0.2, 0) is 23.9 Å². The third-order valence-corrected chi connectivity index (χ3v) is 2.56. The van der Waals surface area contributed by atoms with Crippen LogP contribution >= 0.6 is 0 Å². The summed E-state index contributed by atoms with van der Waals surface area (Å²) in [6.45, 7) is 0. The maximum Gasteiger partial charge on any atom is 0.385 e. The summed E-state index contributed by atoms with van der Waals surface area (Å²) in [5.74, 6) is -2.62. The third kappa shape index (κ3) is 2.20. The van der Waals surface area contributed by atoms with Crippen LogP contribution in [0.2, 0.25) is 0 Å². The minimum Gasteiger partial charge on any atom is -0.497 e. The van der Waals surface area contributed by atoms with Gasteiger partial charge < -0.3 is 14.2 Å². The number of rotatable bonds is 3. The third-order valence-electron chi connectivity index (χ3n) is 2.56. The Hall–Kier alpha value is -2.63. The van der Waals surface area contributed by atoms with Crippen LogP contribution in [0.4, 0.5) is 0 Å². The molecule has 0 radical (unpaired) electrons. The lowest BCUT2D eigenvalue weighted by Crippen LogP contribution is -2.16. The van der Waals surface area contributed by atoms with Crippen LogP contribution in [-0.4, -0.2) is 31.9 Å². The summed E-state index contributed by atoms with van der Waals surface area (Å²) in [7, 11) is 2.59. The zero-order valence-electron chi connectivity index (χ0n) is 10.3. The van der Waals surface area contributed by atoms with Crippen LogP contribution in [0, 0.1) is 0 Å². The fraction of sp³-hybridized carbons (Fsp3) is 0.154. The molecule has 0 spiro atoms. The molecule has 1 aliphatic rings. The summed E-state index contributed by atoms with van der Waals surface area (Å²) in [5.41, 5.74) is -0.0142. The smallest absolute Gasteiger partial charge is 0.385 e. The summed E-state index contributed by atoms with van der Waals surface area (Å²) < 4.78 is 14.3. The van der Waals surface area contributed by atoms with Gasteiger partial charge in [-0.3, -0.25) is 4.79 Å². The number of methoxy groups -OCH3 is 2. The molecule has 0 aromatic heterocycles. The van der Waals surface area contributed by atoms with E-state index in [1.54, 1.807) is 24.3 Å². The van der Waals surface area contributed by atoms with Gasteiger partial charge in [-0.05, 0) is 12.1 Å². The van der Waals surface area contributed by atoms with Crippen LogP contribution in [0.25, 0.3) is 5.76 Å². The van der Waals surface area contributed by atoms with Gasteiger partial charge in [0.25, 0.3) is 5.78 Å². The van der Waals surface area contributed by atoms with Gasteiger partial charge in [0.15, 0.2) is 11.3 Å². The largest absolute Gasteiger partial charge is 0.497 e. The lowest BCUT2D eigenvalue weighted by molar-refractivity contribution is -0.146. The molecule has 0 amide bonds. The summed E-state index contributed by atoms with van der Waals surface area (Å²) in [4.78, 5) is 34.4. The van der Waals surface area contributed by atoms with E-state index < -0.39 is 23.3 Å². The summed E-state index contributed by atoms with van der Waals surface area (Å²) >= 11 is 0. The van der Waals surface area contributed by atoms with Crippen LogP contribution < -0.4 is 4.74 Å². The Morgan fingerprint density at radius 3 is 2.58 bits per heavy atom. The number of hydrogen-bond acceptors (Lipinski definition) is 6. The lowest BCUT2D eigenvalue weighted by atomic mass is 10.1. The minimum atomic E-state index is -1.10. The summed E-state index contributed by atoms with van der Waals surface area (Å²) in [6.07, 6.45) is 0. The number of Topliss-reactive ketones (excluding diaryl/α,β-unsaturated/α-hetero) is 1. The number of cyclic esters (lactones) is 1. The molecule has 1 aliphatic heterocycles. The number of carbonyl (C=O) groups excluding carboxylic acids is 3. The first kappa shape index (κ1) is 12.8. The highest BCUT2D eigenvalue weighted by molar-refractivity contribution is 6.51. The fourth-order valence-corrected chi connectivity index (χ4v) is 1.65. The van der Waals surface area contributed by atoms with E-state index in [2.05, 4.69) is 4.74 Å². The molecule has 0 saturated heterocycles. The molecule has 1 heterocycles. The summed E-state index contributed by atoms with van der Waals surface area (Å²) in [5, 5.41) is 0. The maximum atomic E-state index is 11.6. The van der Waals surface area contributed by atoms with Crippen molar-refractivity contribution in [1.82, 2.24) is 0 Å². The monoisotopic (exact) mass is 262 g/mol. The van der Waals surface area contributed by atoms with Crippen LogP contribution in [0.1, 0.15) is 5.56 Å². The standard InChI is InChI=1S/C13H10O6/c1-17-8-5-3-4-7(6-8)11-9(12(15)18-2)10(14)13(16)19-11/h3-6H,1-2H3. The van der Waals surface area contributed by atoms with Crippen molar-refractivity contribution in [2.75, 3.05) is 14.2 Å². The van der Waals surface area contributed by atoms with Gasteiger partial charge in [0.2, 0.25) is 0 Å². The molecule has 0 atom stereocenters. The molecule has 0 aliphatic carbocycles. The molecule has 1 aromatic carbocycles. The molecule has 0 N–H and O–H groups in total. The van der Waals surface area contributed by atoms with Gasteiger partial charge in [-0.15, -0.1) is 0 Å². The van der Waals surface area contributed by atoms with E-state index in [0.29, 0.717) is 11.3 Å². The van der Waals surface area contributed by atoms with E-state index in [0.717, 1.165) is 7.11 Å². The highest BCUT2D eigenvalue weighted by atomic mass is 16.6. The Morgan fingerprint density at radius 2 is 1.95 bits per heavy atom. The number of hydrogen-bond donors (Lipinski definition) is 0. The van der Waals surface area contributed by atoms with E-state index in [-0.39, 0.29) is 5.76 Å². The normalized spacial score (nSPS) is 14.4. The van der Waals surface area contributed by atoms with Crippen molar-refractivity contribution < 1.29 is 28.6 Å². The molecule has 0 bridgehead atoms. The molecular formula is C13H10O6. The van der Waals surface area contributed by atoms with Gasteiger partial charge in [-0.25, -0.2) is 9.59 Å². The second-order valence-corrected chi connectivity index (χ2v) is 3.65. The lowest BCUT2D eigenvalue weighted by Gasteiger charge is -2.05. The molecule has 98 valence electrons. The van der Waals surface area contributed by atoms with Gasteiger partial charge in [0, 0.05) is 5.56 Å². The molecule has 6 nitrogen and oxygen atoms in total. The van der Waals surface area contributed by atoms with Crippen molar-refractivity contribution in [3.05, 3.63) is 35.4 Å². The second kappa shape index (κ2) is 4.93. The highest BCUT2D eigenvalue weighted by Gasteiger charge is 2.39. The topological polar surface area (TPSA) is 78.9 Å². The highest BCUT2D eigenvalue weighted by Crippen LogP contribution is 2.29. The van der Waals surface area contributed by atoms with Gasteiger partial charge >= 0.3 is 11.9 Å². The van der Waals surface area contributed by atoms with E-state index in [1.807, 2.05) is 0 Å². The molecule has 0 unspecified atom stereocenters. The van der Waals surface area contributed by atoms with E-state index in [9.17, 15) is 14.4 Å². The van der Waals surface area contributed by atoms with Crippen molar-refractivity contribution in [3.63, 3.8) is 0 Å². The predicted molar refractivity (Wildman–Crippen MR) is 63.0 cm³/mol. The van der Waals surface area contributed by atoms with E-state index in [4.69, 9.17) is 9.47 Å². The van der Waals surface area contributed by atoms with E-state index in [1.165, 1.54) is 7.11 Å². The molecule has 2 rings (SSSR count).